The SMILES string of the molecule is C[C@@H](NC(=O)Cc1[nH]nc2ccccc12)c1cccc(-n2ccnc2)c1. The van der Waals surface area contributed by atoms with Crippen LogP contribution < -0.4 is 5.32 Å². The van der Waals surface area contributed by atoms with Crippen molar-refractivity contribution in [1.29, 1.82) is 0 Å². The van der Waals surface area contributed by atoms with Crippen molar-refractivity contribution in [2.24, 2.45) is 0 Å². The Morgan fingerprint density at radius 2 is 2.12 bits per heavy atom. The number of hydrogen-bond donors (Lipinski definition) is 2. The molecule has 0 saturated heterocycles. The van der Waals surface area contributed by atoms with E-state index < -0.39 is 0 Å². The summed E-state index contributed by atoms with van der Waals surface area (Å²) in [5.41, 5.74) is 3.76. The van der Waals surface area contributed by atoms with Crippen molar-refractivity contribution in [2.45, 2.75) is 19.4 Å². The van der Waals surface area contributed by atoms with E-state index >= 15 is 0 Å². The number of benzene rings is 2. The Bertz CT molecular complexity index is 1040. The minimum absolute atomic E-state index is 0.0417. The number of imidazole rings is 1. The highest BCUT2D eigenvalue weighted by atomic mass is 16.1. The number of carbonyl (C=O) groups excluding carboxylic acids is 1. The number of nitrogens with one attached hydrogen (secondary N) is 2. The van der Waals surface area contributed by atoms with Crippen molar-refractivity contribution in [3.63, 3.8) is 0 Å². The van der Waals surface area contributed by atoms with Crippen LogP contribution in [0.1, 0.15) is 24.2 Å². The van der Waals surface area contributed by atoms with Crippen LogP contribution in [0.25, 0.3) is 16.6 Å². The first-order chi connectivity index (χ1) is 12.7. The Morgan fingerprint density at radius 3 is 2.96 bits per heavy atom. The average Bonchev–Trinajstić information content (AvgIpc) is 3.32. The van der Waals surface area contributed by atoms with Crippen LogP contribution in [-0.2, 0) is 11.2 Å². The predicted molar refractivity (Wildman–Crippen MR) is 99.9 cm³/mol. The molecule has 0 unspecified atom stereocenters. The first-order valence-corrected chi connectivity index (χ1v) is 8.50. The van der Waals surface area contributed by atoms with Gasteiger partial charge in [0.05, 0.1) is 30.0 Å². The van der Waals surface area contributed by atoms with E-state index in [1.165, 1.54) is 0 Å². The fraction of sp³-hybridized carbons (Fsp3) is 0.150. The van der Waals surface area contributed by atoms with Gasteiger partial charge in [0.1, 0.15) is 0 Å². The number of amides is 1. The second-order valence-electron chi connectivity index (χ2n) is 6.25. The standard InChI is InChI=1S/C20H19N5O/c1-14(15-5-4-6-16(11-15)25-10-9-21-13-25)22-20(26)12-19-17-7-2-3-8-18(17)23-24-19/h2-11,13-14H,12H2,1H3,(H,22,26)(H,23,24)/t14-/m1/s1. The van der Waals surface area contributed by atoms with Crippen LogP contribution in [0.15, 0.2) is 67.3 Å². The van der Waals surface area contributed by atoms with Crippen molar-refractivity contribution in [1.82, 2.24) is 25.1 Å². The van der Waals surface area contributed by atoms with E-state index in [1.54, 1.807) is 12.5 Å². The van der Waals surface area contributed by atoms with Gasteiger partial charge in [-0.1, -0.05) is 30.3 Å². The van der Waals surface area contributed by atoms with E-state index in [0.29, 0.717) is 0 Å². The van der Waals surface area contributed by atoms with Gasteiger partial charge in [0.15, 0.2) is 0 Å². The van der Waals surface area contributed by atoms with Gasteiger partial charge in [-0.05, 0) is 30.7 Å². The maximum atomic E-state index is 12.5. The normalized spacial score (nSPS) is 12.2. The van der Waals surface area contributed by atoms with Gasteiger partial charge in [-0.3, -0.25) is 9.89 Å². The molecule has 1 atom stereocenters. The Morgan fingerprint density at radius 1 is 1.23 bits per heavy atom. The summed E-state index contributed by atoms with van der Waals surface area (Å²) in [6.07, 6.45) is 5.66. The summed E-state index contributed by atoms with van der Waals surface area (Å²) < 4.78 is 1.94. The van der Waals surface area contributed by atoms with Crippen LogP contribution in [0.3, 0.4) is 0 Å². The highest BCUT2D eigenvalue weighted by Gasteiger charge is 2.13. The maximum absolute atomic E-state index is 12.5. The van der Waals surface area contributed by atoms with E-state index in [0.717, 1.165) is 27.8 Å². The van der Waals surface area contributed by atoms with Gasteiger partial charge in [-0.15, -0.1) is 0 Å². The molecule has 0 fully saturated rings. The molecule has 0 radical (unpaired) electrons. The van der Waals surface area contributed by atoms with Crippen molar-refractivity contribution in [3.05, 3.63) is 78.5 Å². The van der Waals surface area contributed by atoms with Crippen molar-refractivity contribution < 1.29 is 4.79 Å². The molecule has 130 valence electrons. The fourth-order valence-corrected chi connectivity index (χ4v) is 3.05. The third-order valence-electron chi connectivity index (χ3n) is 4.43. The molecule has 0 aliphatic carbocycles. The lowest BCUT2D eigenvalue weighted by atomic mass is 10.1. The zero-order valence-electron chi connectivity index (χ0n) is 14.4. The second-order valence-corrected chi connectivity index (χ2v) is 6.25. The zero-order chi connectivity index (χ0) is 17.9. The summed E-state index contributed by atoms with van der Waals surface area (Å²) in [6.45, 7) is 1.98. The Balaban J connectivity index is 1.47. The first kappa shape index (κ1) is 16.1. The molecule has 6 nitrogen and oxygen atoms in total. The van der Waals surface area contributed by atoms with Gasteiger partial charge in [0, 0.05) is 23.5 Å². The maximum Gasteiger partial charge on any atom is 0.226 e. The van der Waals surface area contributed by atoms with E-state index in [1.807, 2.05) is 60.2 Å². The van der Waals surface area contributed by atoms with Crippen LogP contribution >= 0.6 is 0 Å². The molecule has 0 aliphatic rings. The molecular weight excluding hydrogens is 326 g/mol. The van der Waals surface area contributed by atoms with Gasteiger partial charge in [0.25, 0.3) is 0 Å². The molecule has 0 spiro atoms. The van der Waals surface area contributed by atoms with Crippen LogP contribution in [-0.4, -0.2) is 25.7 Å². The molecule has 26 heavy (non-hydrogen) atoms. The van der Waals surface area contributed by atoms with Crippen LogP contribution in [0.5, 0.6) is 0 Å². The number of fused-ring (bicyclic) bond motifs is 1. The van der Waals surface area contributed by atoms with Crippen LogP contribution in [0.2, 0.25) is 0 Å². The fourth-order valence-electron chi connectivity index (χ4n) is 3.05. The van der Waals surface area contributed by atoms with Crippen molar-refractivity contribution in [2.75, 3.05) is 0 Å². The van der Waals surface area contributed by atoms with E-state index in [-0.39, 0.29) is 18.4 Å². The topological polar surface area (TPSA) is 75.6 Å². The van der Waals surface area contributed by atoms with Crippen LogP contribution in [0, 0.1) is 0 Å². The lowest BCUT2D eigenvalue weighted by molar-refractivity contribution is -0.121. The number of H-pyrrole nitrogens is 1. The number of nitrogens with zero attached hydrogens (tertiary/aromatic N) is 3. The number of aromatic nitrogens is 4. The minimum atomic E-state index is -0.0971. The zero-order valence-corrected chi connectivity index (χ0v) is 14.4. The molecule has 2 heterocycles. The van der Waals surface area contributed by atoms with Crippen molar-refractivity contribution in [3.8, 4) is 5.69 Å². The molecule has 2 N–H and O–H groups in total. The minimum Gasteiger partial charge on any atom is -0.349 e. The second kappa shape index (κ2) is 6.84. The van der Waals surface area contributed by atoms with Gasteiger partial charge < -0.3 is 9.88 Å². The average molecular weight is 345 g/mol. The quantitative estimate of drug-likeness (QED) is 0.583. The third kappa shape index (κ3) is 3.21. The van der Waals surface area contributed by atoms with E-state index in [9.17, 15) is 4.79 Å². The number of hydrogen-bond acceptors (Lipinski definition) is 3. The Labute approximate surface area is 150 Å². The largest absolute Gasteiger partial charge is 0.349 e. The predicted octanol–water partition coefficient (Wildman–Crippen LogP) is 3.17. The highest BCUT2D eigenvalue weighted by Crippen LogP contribution is 2.18. The molecule has 4 aromatic rings. The summed E-state index contributed by atoms with van der Waals surface area (Å²) in [6, 6.07) is 15.7. The number of rotatable bonds is 5. The van der Waals surface area contributed by atoms with Gasteiger partial charge >= 0.3 is 0 Å². The monoisotopic (exact) mass is 345 g/mol. The molecule has 6 heteroatoms. The summed E-state index contributed by atoms with van der Waals surface area (Å²) >= 11 is 0. The van der Waals surface area contributed by atoms with Gasteiger partial charge in [-0.2, -0.15) is 5.10 Å². The number of aromatic amines is 1. The molecule has 1 amide bonds. The van der Waals surface area contributed by atoms with Crippen LogP contribution in [0.4, 0.5) is 0 Å². The molecule has 2 aromatic heterocycles. The summed E-state index contributed by atoms with van der Waals surface area (Å²) in [5, 5.41) is 11.2. The number of para-hydroxylation sites is 1. The molecule has 0 bridgehead atoms. The van der Waals surface area contributed by atoms with E-state index in [4.69, 9.17) is 0 Å². The molecule has 4 rings (SSSR count). The van der Waals surface area contributed by atoms with E-state index in [2.05, 4.69) is 26.6 Å². The smallest absolute Gasteiger partial charge is 0.226 e. The van der Waals surface area contributed by atoms with Crippen molar-refractivity contribution >= 4 is 16.8 Å². The summed E-state index contributed by atoms with van der Waals surface area (Å²) in [4.78, 5) is 16.5. The lowest BCUT2D eigenvalue weighted by Gasteiger charge is -2.15. The lowest BCUT2D eigenvalue weighted by Crippen LogP contribution is -2.28. The highest BCUT2D eigenvalue weighted by molar-refractivity contribution is 5.87. The molecule has 0 saturated carbocycles. The Hall–Kier alpha value is -3.41. The Kier molecular flexibility index (Phi) is 4.23. The number of carbonyl (C=O) groups is 1. The molecule has 2 aromatic carbocycles. The van der Waals surface area contributed by atoms with Gasteiger partial charge in [0.2, 0.25) is 5.91 Å². The summed E-state index contributed by atoms with van der Waals surface area (Å²) in [5.74, 6) is -0.0417. The van der Waals surface area contributed by atoms with Gasteiger partial charge in [-0.25, -0.2) is 4.98 Å². The molecular formula is C20H19N5O. The summed E-state index contributed by atoms with van der Waals surface area (Å²) in [7, 11) is 0. The third-order valence-corrected chi connectivity index (χ3v) is 4.43. The molecule has 0 aliphatic heterocycles. The first-order valence-electron chi connectivity index (χ1n) is 8.50.